The van der Waals surface area contributed by atoms with Crippen LogP contribution in [-0.4, -0.2) is 4.57 Å². The quantitative estimate of drug-likeness (QED) is 0.181. The van der Waals surface area contributed by atoms with E-state index in [9.17, 15) is 0 Å². The van der Waals surface area contributed by atoms with Gasteiger partial charge in [-0.3, -0.25) is 0 Å². The maximum Gasteiger partial charge on any atom is 0.140 e. The molecule has 10 aromatic rings. The average Bonchev–Trinajstić information content (AvgIpc) is 3.75. The lowest BCUT2D eigenvalue weighted by atomic mass is 9.65. The molecule has 0 saturated carbocycles. The minimum atomic E-state index is -0.595. The normalized spacial score (nSPS) is 15.0. The van der Waals surface area contributed by atoms with Gasteiger partial charge in [0.1, 0.15) is 11.5 Å². The van der Waals surface area contributed by atoms with Gasteiger partial charge in [-0.1, -0.05) is 146 Å². The zero-order valence-electron chi connectivity index (χ0n) is 30.4. The van der Waals surface area contributed by atoms with Gasteiger partial charge in [-0.05, 0) is 88.3 Å². The first-order valence-corrected chi connectivity index (χ1v) is 19.3. The zero-order valence-corrected chi connectivity index (χ0v) is 30.4. The molecule has 2 heterocycles. The van der Waals surface area contributed by atoms with Crippen molar-refractivity contribution in [2.24, 2.45) is 0 Å². The molecule has 0 N–H and O–H groups in total. The van der Waals surface area contributed by atoms with Gasteiger partial charge < -0.3 is 14.2 Å². The molecule has 1 atom stereocenters. The van der Waals surface area contributed by atoms with E-state index in [1.54, 1.807) is 0 Å². The Morgan fingerprint density at radius 1 is 0.393 bits per heavy atom. The van der Waals surface area contributed by atoms with Crippen LogP contribution in [0.3, 0.4) is 0 Å². The van der Waals surface area contributed by atoms with Crippen molar-refractivity contribution >= 4 is 49.6 Å². The summed E-state index contributed by atoms with van der Waals surface area (Å²) in [5.41, 5.74) is 13.5. The van der Waals surface area contributed by atoms with Gasteiger partial charge in [-0.25, -0.2) is 0 Å². The number of benzene rings is 9. The lowest BCUT2D eigenvalue weighted by molar-refractivity contribution is 0.441. The second kappa shape index (κ2) is 11.8. The van der Waals surface area contributed by atoms with Crippen LogP contribution in [0, 0.1) is 0 Å². The average molecular weight is 715 g/mol. The number of anilines is 3. The van der Waals surface area contributed by atoms with E-state index in [2.05, 4.69) is 216 Å². The summed E-state index contributed by atoms with van der Waals surface area (Å²) in [7, 11) is 0. The van der Waals surface area contributed by atoms with Crippen molar-refractivity contribution in [2.75, 3.05) is 4.90 Å². The van der Waals surface area contributed by atoms with Crippen molar-refractivity contribution in [3.63, 3.8) is 0 Å². The molecule has 0 radical (unpaired) electrons. The molecule has 2 aliphatic rings. The molecular weight excluding hydrogens is 681 g/mol. The van der Waals surface area contributed by atoms with Gasteiger partial charge in [0, 0.05) is 50.0 Å². The number of hydrogen-bond acceptors (Lipinski definition) is 2. The zero-order chi connectivity index (χ0) is 36.8. The smallest absolute Gasteiger partial charge is 0.140 e. The van der Waals surface area contributed by atoms with Crippen LogP contribution in [0.1, 0.15) is 22.3 Å². The molecule has 1 unspecified atom stereocenters. The van der Waals surface area contributed by atoms with Crippen LogP contribution in [0.2, 0.25) is 0 Å². The highest BCUT2D eigenvalue weighted by Crippen LogP contribution is 2.63. The Labute approximate surface area is 324 Å². The van der Waals surface area contributed by atoms with Crippen LogP contribution in [0.5, 0.6) is 11.5 Å². The third-order valence-electron chi connectivity index (χ3n) is 12.0. The summed E-state index contributed by atoms with van der Waals surface area (Å²) >= 11 is 0. The van der Waals surface area contributed by atoms with Gasteiger partial charge in [0.2, 0.25) is 0 Å². The molecule has 0 amide bonds. The number of para-hydroxylation sites is 4. The maximum atomic E-state index is 6.92. The Hall–Kier alpha value is -7.36. The molecule has 0 saturated heterocycles. The van der Waals surface area contributed by atoms with Gasteiger partial charge in [-0.15, -0.1) is 0 Å². The van der Waals surface area contributed by atoms with Crippen LogP contribution in [0.25, 0.3) is 49.4 Å². The van der Waals surface area contributed by atoms with Crippen molar-refractivity contribution in [1.82, 2.24) is 4.57 Å². The molecule has 1 aliphatic carbocycles. The summed E-state index contributed by atoms with van der Waals surface area (Å²) in [4.78, 5) is 2.41. The summed E-state index contributed by atoms with van der Waals surface area (Å²) < 4.78 is 9.32. The Kier molecular flexibility index (Phi) is 6.55. The minimum Gasteiger partial charge on any atom is -0.456 e. The number of aromatic nitrogens is 1. The first-order chi connectivity index (χ1) is 27.8. The monoisotopic (exact) mass is 714 g/mol. The van der Waals surface area contributed by atoms with Crippen LogP contribution in [-0.2, 0) is 5.41 Å². The molecule has 12 rings (SSSR count). The third-order valence-corrected chi connectivity index (χ3v) is 12.0. The predicted molar refractivity (Wildman–Crippen MR) is 230 cm³/mol. The van der Waals surface area contributed by atoms with Gasteiger partial charge in [0.25, 0.3) is 0 Å². The molecule has 1 aromatic heterocycles. The van der Waals surface area contributed by atoms with Crippen molar-refractivity contribution < 1.29 is 4.74 Å². The molecule has 0 bridgehead atoms. The minimum absolute atomic E-state index is 0.595. The van der Waals surface area contributed by atoms with Gasteiger partial charge in [-0.2, -0.15) is 0 Å². The molecule has 262 valence electrons. The van der Waals surface area contributed by atoms with E-state index in [1.165, 1.54) is 55.0 Å². The lowest BCUT2D eigenvalue weighted by Crippen LogP contribution is -2.32. The highest BCUT2D eigenvalue weighted by Gasteiger charge is 2.51. The molecular formula is C53H34N2O. The van der Waals surface area contributed by atoms with Crippen LogP contribution in [0.4, 0.5) is 17.1 Å². The van der Waals surface area contributed by atoms with E-state index in [-0.39, 0.29) is 0 Å². The van der Waals surface area contributed by atoms with Gasteiger partial charge >= 0.3 is 0 Å². The van der Waals surface area contributed by atoms with E-state index >= 15 is 0 Å². The molecule has 1 spiro atoms. The van der Waals surface area contributed by atoms with Crippen molar-refractivity contribution in [3.05, 3.63) is 229 Å². The summed E-state index contributed by atoms with van der Waals surface area (Å²) in [6.07, 6.45) is 0. The first-order valence-electron chi connectivity index (χ1n) is 19.3. The molecule has 56 heavy (non-hydrogen) atoms. The van der Waals surface area contributed by atoms with E-state index in [1.807, 2.05) is 0 Å². The van der Waals surface area contributed by atoms with Crippen molar-refractivity contribution in [1.29, 1.82) is 0 Å². The summed E-state index contributed by atoms with van der Waals surface area (Å²) in [6.45, 7) is 0. The highest BCUT2D eigenvalue weighted by atomic mass is 16.5. The van der Waals surface area contributed by atoms with Gasteiger partial charge in [0.15, 0.2) is 0 Å². The molecule has 9 aromatic carbocycles. The Bertz CT molecular complexity index is 3180. The number of fused-ring (bicyclic) bond motifs is 14. The van der Waals surface area contributed by atoms with E-state index in [0.29, 0.717) is 0 Å². The molecule has 1 aliphatic heterocycles. The highest BCUT2D eigenvalue weighted by molar-refractivity contribution is 6.10. The second-order valence-corrected chi connectivity index (χ2v) is 14.8. The Balaban J connectivity index is 1.14. The van der Waals surface area contributed by atoms with Crippen molar-refractivity contribution in [2.45, 2.75) is 5.41 Å². The van der Waals surface area contributed by atoms with E-state index in [0.717, 1.165) is 45.2 Å². The fourth-order valence-corrected chi connectivity index (χ4v) is 9.73. The summed E-state index contributed by atoms with van der Waals surface area (Å²) in [5.74, 6) is 1.82. The number of rotatable bonds is 4. The lowest BCUT2D eigenvalue weighted by Gasteiger charge is -2.40. The standard InChI is InChI=1S/C53H34N2O/c1-3-16-36(17-4-1)54(39-29-31-44-43-22-10-13-25-49(43)55(50(44)34-39)37-18-5-2-6-19-37)38-28-30-42-41-21-9-11-23-45(41)53(48(42)33-38)46-24-12-14-26-51(46)56-52-40-20-8-7-15-35(40)27-32-47(52)53/h1-34H. The fraction of sp³-hybridized carbons (Fsp3) is 0.0189. The van der Waals surface area contributed by atoms with Crippen LogP contribution < -0.4 is 9.64 Å². The largest absolute Gasteiger partial charge is 0.456 e. The summed E-state index contributed by atoms with van der Waals surface area (Å²) in [6, 6.07) is 74.9. The predicted octanol–water partition coefficient (Wildman–Crippen LogP) is 13.9. The third kappa shape index (κ3) is 4.22. The van der Waals surface area contributed by atoms with Crippen molar-refractivity contribution in [3.8, 4) is 28.3 Å². The second-order valence-electron chi connectivity index (χ2n) is 14.8. The molecule has 3 nitrogen and oxygen atoms in total. The Morgan fingerprint density at radius 3 is 1.91 bits per heavy atom. The first kappa shape index (κ1) is 31.0. The fourth-order valence-electron chi connectivity index (χ4n) is 9.73. The van der Waals surface area contributed by atoms with Gasteiger partial charge in [0.05, 0.1) is 16.4 Å². The number of hydrogen-bond donors (Lipinski definition) is 0. The SMILES string of the molecule is c1ccc(N(c2ccc3c(c2)C2(c4ccccc4Oc4c2ccc2ccccc42)c2ccccc2-3)c2ccc3c4ccccc4n(-c4ccccc4)c3c2)cc1. The van der Waals surface area contributed by atoms with Crippen LogP contribution in [0.15, 0.2) is 206 Å². The van der Waals surface area contributed by atoms with E-state index in [4.69, 9.17) is 4.74 Å². The Morgan fingerprint density at radius 2 is 1.04 bits per heavy atom. The molecule has 0 fully saturated rings. The summed E-state index contributed by atoms with van der Waals surface area (Å²) in [5, 5.41) is 4.76. The number of ether oxygens (including phenoxy) is 1. The topological polar surface area (TPSA) is 17.4 Å². The number of nitrogens with zero attached hydrogens (tertiary/aromatic N) is 2. The molecule has 3 heteroatoms. The van der Waals surface area contributed by atoms with Crippen LogP contribution >= 0.6 is 0 Å². The maximum absolute atomic E-state index is 6.92. The van der Waals surface area contributed by atoms with E-state index < -0.39 is 5.41 Å².